The van der Waals surface area contributed by atoms with Crippen molar-refractivity contribution in [2.45, 2.75) is 10.2 Å². The number of halogens is 2. The smallest absolute Gasteiger partial charge is 0.0794 e. The first-order valence-corrected chi connectivity index (χ1v) is 4.45. The normalized spacial score (nSPS) is 24.8. The lowest BCUT2D eigenvalue weighted by atomic mass is 10.1. The summed E-state index contributed by atoms with van der Waals surface area (Å²) in [7, 11) is 0. The Morgan fingerprint density at radius 3 is 2.00 bits per heavy atom. The second kappa shape index (κ2) is 2.59. The minimum Gasteiger partial charge on any atom is -0.0794 e. The molecule has 0 saturated carbocycles. The van der Waals surface area contributed by atoms with Gasteiger partial charge in [-0.05, 0) is 5.92 Å². The van der Waals surface area contributed by atoms with Crippen molar-refractivity contribution in [3.63, 3.8) is 0 Å². The van der Waals surface area contributed by atoms with Crippen LogP contribution >= 0.6 is 31.9 Å². The van der Waals surface area contributed by atoms with E-state index in [0.717, 1.165) is 0 Å². The zero-order valence-corrected chi connectivity index (χ0v) is 8.31. The molecule has 0 bridgehead atoms. The Bertz CT molecular complexity index is 140. The number of rotatable bonds is 0. The standard InChI is InChI=1S/C7H8Br2/c1-6-2-4-7(8,9)5-3-6/h2-6H,1H3. The molecule has 0 N–H and O–H groups in total. The summed E-state index contributed by atoms with van der Waals surface area (Å²) in [6, 6.07) is 0. The van der Waals surface area contributed by atoms with E-state index >= 15 is 0 Å². The van der Waals surface area contributed by atoms with Crippen LogP contribution in [0.5, 0.6) is 0 Å². The highest BCUT2D eigenvalue weighted by atomic mass is 79.9. The van der Waals surface area contributed by atoms with Gasteiger partial charge in [-0.3, -0.25) is 0 Å². The molecule has 0 spiro atoms. The van der Waals surface area contributed by atoms with Crippen molar-refractivity contribution in [1.29, 1.82) is 0 Å². The Kier molecular flexibility index (Phi) is 2.17. The molecule has 1 aliphatic rings. The fourth-order valence-electron chi connectivity index (χ4n) is 0.680. The van der Waals surface area contributed by atoms with Gasteiger partial charge in [0.1, 0.15) is 3.23 Å². The minimum atomic E-state index is -0.0769. The average Bonchev–Trinajstić information content (AvgIpc) is 1.78. The van der Waals surface area contributed by atoms with Crippen LogP contribution in [0.25, 0.3) is 0 Å². The largest absolute Gasteiger partial charge is 0.116 e. The molecular weight excluding hydrogens is 244 g/mol. The highest BCUT2D eigenvalue weighted by Crippen LogP contribution is 2.33. The maximum absolute atomic E-state index is 3.46. The van der Waals surface area contributed by atoms with Gasteiger partial charge in [-0.1, -0.05) is 63.1 Å². The molecule has 1 aliphatic carbocycles. The first-order valence-electron chi connectivity index (χ1n) is 2.87. The Morgan fingerprint density at radius 1 is 1.22 bits per heavy atom. The summed E-state index contributed by atoms with van der Waals surface area (Å²) >= 11 is 6.93. The molecule has 0 unspecified atom stereocenters. The van der Waals surface area contributed by atoms with Crippen LogP contribution < -0.4 is 0 Å². The van der Waals surface area contributed by atoms with Gasteiger partial charge < -0.3 is 0 Å². The second-order valence-electron chi connectivity index (χ2n) is 2.25. The van der Waals surface area contributed by atoms with Crippen LogP contribution in [0.15, 0.2) is 24.3 Å². The minimum absolute atomic E-state index is 0.0769. The van der Waals surface area contributed by atoms with Gasteiger partial charge in [-0.15, -0.1) is 0 Å². The lowest BCUT2D eigenvalue weighted by Gasteiger charge is -2.15. The van der Waals surface area contributed by atoms with E-state index in [9.17, 15) is 0 Å². The van der Waals surface area contributed by atoms with Crippen LogP contribution in [-0.4, -0.2) is 3.23 Å². The molecule has 0 fully saturated rings. The fraction of sp³-hybridized carbons (Fsp3) is 0.429. The van der Waals surface area contributed by atoms with Crippen molar-refractivity contribution >= 4 is 31.9 Å². The molecule has 0 aromatic carbocycles. The number of hydrogen-bond acceptors (Lipinski definition) is 0. The average molecular weight is 252 g/mol. The number of alkyl halides is 2. The molecule has 2 heteroatoms. The van der Waals surface area contributed by atoms with Crippen LogP contribution in [0.2, 0.25) is 0 Å². The first kappa shape index (κ1) is 7.55. The molecular formula is C7H8Br2. The van der Waals surface area contributed by atoms with Crippen LogP contribution in [-0.2, 0) is 0 Å². The SMILES string of the molecule is CC1C=CC(Br)(Br)C=C1. The lowest BCUT2D eigenvalue weighted by molar-refractivity contribution is 0.910. The molecule has 0 saturated heterocycles. The monoisotopic (exact) mass is 250 g/mol. The zero-order chi connectivity index (χ0) is 6.91. The lowest BCUT2D eigenvalue weighted by Crippen LogP contribution is -2.06. The highest BCUT2D eigenvalue weighted by molar-refractivity contribution is 9.25. The molecule has 50 valence electrons. The van der Waals surface area contributed by atoms with Gasteiger partial charge in [-0.25, -0.2) is 0 Å². The van der Waals surface area contributed by atoms with E-state index in [4.69, 9.17) is 0 Å². The van der Waals surface area contributed by atoms with Gasteiger partial charge in [0, 0.05) is 0 Å². The van der Waals surface area contributed by atoms with E-state index in [1.807, 2.05) is 0 Å². The maximum atomic E-state index is 3.46. The predicted molar refractivity (Wildman–Crippen MR) is 48.0 cm³/mol. The third-order valence-corrected chi connectivity index (χ3v) is 2.30. The van der Waals surface area contributed by atoms with Crippen molar-refractivity contribution in [2.24, 2.45) is 5.92 Å². The van der Waals surface area contributed by atoms with Gasteiger partial charge in [0.05, 0.1) is 0 Å². The summed E-state index contributed by atoms with van der Waals surface area (Å²) in [6.07, 6.45) is 8.50. The van der Waals surface area contributed by atoms with Crippen LogP contribution in [0.4, 0.5) is 0 Å². The summed E-state index contributed by atoms with van der Waals surface area (Å²) < 4.78 is -0.0769. The summed E-state index contributed by atoms with van der Waals surface area (Å²) in [4.78, 5) is 0. The third kappa shape index (κ3) is 2.26. The van der Waals surface area contributed by atoms with Gasteiger partial charge in [0.2, 0.25) is 0 Å². The third-order valence-electron chi connectivity index (χ3n) is 1.24. The molecule has 9 heavy (non-hydrogen) atoms. The van der Waals surface area contributed by atoms with Gasteiger partial charge in [-0.2, -0.15) is 0 Å². The Balaban J connectivity index is 2.70. The maximum Gasteiger partial charge on any atom is 0.116 e. The molecule has 0 aromatic rings. The van der Waals surface area contributed by atoms with E-state index in [-0.39, 0.29) is 3.23 Å². The second-order valence-corrected chi connectivity index (χ2v) is 5.94. The Morgan fingerprint density at radius 2 is 1.67 bits per heavy atom. The van der Waals surface area contributed by atoms with E-state index < -0.39 is 0 Å². The van der Waals surface area contributed by atoms with Crippen molar-refractivity contribution < 1.29 is 0 Å². The van der Waals surface area contributed by atoms with Gasteiger partial charge in [0.25, 0.3) is 0 Å². The zero-order valence-electron chi connectivity index (χ0n) is 5.14. The van der Waals surface area contributed by atoms with E-state index in [1.54, 1.807) is 0 Å². The molecule has 0 aromatic heterocycles. The first-order chi connectivity index (χ1) is 4.10. The molecule has 0 heterocycles. The van der Waals surface area contributed by atoms with Crippen LogP contribution in [0.3, 0.4) is 0 Å². The predicted octanol–water partition coefficient (Wildman–Crippen LogP) is 3.23. The molecule has 0 radical (unpaired) electrons. The molecule has 1 rings (SSSR count). The van der Waals surface area contributed by atoms with Crippen molar-refractivity contribution in [1.82, 2.24) is 0 Å². The molecule has 0 amide bonds. The Labute approximate surface area is 72.3 Å². The van der Waals surface area contributed by atoms with E-state index in [2.05, 4.69) is 63.1 Å². The van der Waals surface area contributed by atoms with E-state index in [0.29, 0.717) is 5.92 Å². The molecule has 0 nitrogen and oxygen atoms in total. The molecule has 0 atom stereocenters. The summed E-state index contributed by atoms with van der Waals surface area (Å²) in [5.74, 6) is 0.577. The topological polar surface area (TPSA) is 0 Å². The van der Waals surface area contributed by atoms with Gasteiger partial charge in [0.15, 0.2) is 0 Å². The quantitative estimate of drug-likeness (QED) is 0.458. The van der Waals surface area contributed by atoms with Gasteiger partial charge >= 0.3 is 0 Å². The summed E-state index contributed by atoms with van der Waals surface area (Å²) in [6.45, 7) is 2.15. The highest BCUT2D eigenvalue weighted by Gasteiger charge is 2.16. The van der Waals surface area contributed by atoms with Crippen molar-refractivity contribution in [2.75, 3.05) is 0 Å². The molecule has 0 aliphatic heterocycles. The fourth-order valence-corrected chi connectivity index (χ4v) is 1.29. The summed E-state index contributed by atoms with van der Waals surface area (Å²) in [5, 5.41) is 0. The van der Waals surface area contributed by atoms with Crippen LogP contribution in [0.1, 0.15) is 6.92 Å². The number of hydrogen-bond donors (Lipinski definition) is 0. The van der Waals surface area contributed by atoms with Crippen LogP contribution in [0, 0.1) is 5.92 Å². The summed E-state index contributed by atoms with van der Waals surface area (Å²) in [5.41, 5.74) is 0. The van der Waals surface area contributed by atoms with E-state index in [1.165, 1.54) is 0 Å². The number of allylic oxidation sites excluding steroid dienone is 4. The van der Waals surface area contributed by atoms with Crippen molar-refractivity contribution in [3.8, 4) is 0 Å². The Hall–Kier alpha value is 0.440. The van der Waals surface area contributed by atoms with Crippen molar-refractivity contribution in [3.05, 3.63) is 24.3 Å².